The molecule has 0 saturated carbocycles. The number of nitro groups is 1. The molecule has 1 heterocycles. The second-order valence-corrected chi connectivity index (χ2v) is 9.51. The molecule has 2 N–H and O–H groups in total. The molecule has 1 aliphatic rings. The van der Waals surface area contributed by atoms with E-state index in [1.165, 1.54) is 30.3 Å². The van der Waals surface area contributed by atoms with Crippen LogP contribution in [0.3, 0.4) is 0 Å². The zero-order valence-electron chi connectivity index (χ0n) is 21.0. The van der Waals surface area contributed by atoms with Crippen molar-refractivity contribution in [1.82, 2.24) is 5.32 Å². The van der Waals surface area contributed by atoms with Crippen LogP contribution < -0.4 is 20.3 Å². The van der Waals surface area contributed by atoms with Gasteiger partial charge in [0.25, 0.3) is 23.4 Å². The molecule has 0 unspecified atom stereocenters. The number of imide groups is 2. The lowest BCUT2D eigenvalue weighted by molar-refractivity contribution is -0.384. The van der Waals surface area contributed by atoms with Gasteiger partial charge in [-0.25, -0.2) is 9.69 Å². The van der Waals surface area contributed by atoms with Crippen molar-refractivity contribution >= 4 is 70.1 Å². The molecule has 1 saturated heterocycles. The van der Waals surface area contributed by atoms with E-state index in [1.54, 1.807) is 0 Å². The van der Waals surface area contributed by atoms with E-state index in [0.29, 0.717) is 10.6 Å². The molecule has 204 valence electrons. The van der Waals surface area contributed by atoms with Gasteiger partial charge in [0.2, 0.25) is 0 Å². The fourth-order valence-electron chi connectivity index (χ4n) is 3.78. The third-order valence-electron chi connectivity index (χ3n) is 5.77. The number of nitrogens with one attached hydrogen (secondary N) is 2. The Kier molecular flexibility index (Phi) is 8.17. The maximum Gasteiger partial charge on any atom is 0.335 e. The zero-order valence-corrected chi connectivity index (χ0v) is 22.5. The smallest absolute Gasteiger partial charge is 0.335 e. The SMILES string of the molecule is Cc1ccc(C)c(NC(=O)COc2c(Cl)cc(/C=C3/C(=O)NC(=O)N(c4ccc([N+](=O)[O-])cc4)C3=O)cc2Cl)c1. The fourth-order valence-corrected chi connectivity index (χ4v) is 4.39. The second-order valence-electron chi connectivity index (χ2n) is 8.70. The number of barbiturate groups is 1. The lowest BCUT2D eigenvalue weighted by Crippen LogP contribution is -2.54. The highest BCUT2D eigenvalue weighted by molar-refractivity contribution is 6.40. The van der Waals surface area contributed by atoms with Crippen molar-refractivity contribution in [2.45, 2.75) is 13.8 Å². The summed E-state index contributed by atoms with van der Waals surface area (Å²) < 4.78 is 5.53. The minimum atomic E-state index is -1.01. The van der Waals surface area contributed by atoms with Gasteiger partial charge in [-0.05, 0) is 66.9 Å². The third kappa shape index (κ3) is 6.11. The van der Waals surface area contributed by atoms with Gasteiger partial charge in [-0.2, -0.15) is 0 Å². The number of nitro benzene ring substituents is 1. The summed E-state index contributed by atoms with van der Waals surface area (Å²) in [7, 11) is 0. The Labute approximate surface area is 237 Å². The lowest BCUT2D eigenvalue weighted by atomic mass is 10.1. The number of anilines is 2. The number of amides is 5. The summed E-state index contributed by atoms with van der Waals surface area (Å²) in [6.45, 7) is 3.37. The lowest BCUT2D eigenvalue weighted by Gasteiger charge is -2.26. The first-order chi connectivity index (χ1) is 18.9. The summed E-state index contributed by atoms with van der Waals surface area (Å²) >= 11 is 12.7. The standard InChI is InChI=1S/C27H20Cl2N4O7/c1-14-3-4-15(2)22(9-14)30-23(34)13-40-24-20(28)11-16(12-21(24)29)10-19-25(35)31-27(37)32(26(19)36)17-5-7-18(8-6-17)33(38)39/h3-12H,13H2,1-2H3,(H,30,34)(H,31,35,37)/b19-10-. The van der Waals surface area contributed by atoms with Gasteiger partial charge in [0.15, 0.2) is 12.4 Å². The molecule has 11 nitrogen and oxygen atoms in total. The van der Waals surface area contributed by atoms with Gasteiger partial charge in [0, 0.05) is 17.8 Å². The van der Waals surface area contributed by atoms with Crippen molar-refractivity contribution in [1.29, 1.82) is 0 Å². The molecule has 0 bridgehead atoms. The first-order valence-electron chi connectivity index (χ1n) is 11.6. The molecule has 1 fully saturated rings. The van der Waals surface area contributed by atoms with E-state index in [0.717, 1.165) is 23.3 Å². The molecular weight excluding hydrogens is 563 g/mol. The van der Waals surface area contributed by atoms with Crippen LogP contribution in [0.15, 0.2) is 60.2 Å². The van der Waals surface area contributed by atoms with Gasteiger partial charge in [0.05, 0.1) is 20.7 Å². The normalized spacial score (nSPS) is 14.2. The van der Waals surface area contributed by atoms with Gasteiger partial charge < -0.3 is 10.1 Å². The Bertz CT molecular complexity index is 1580. The number of carbonyl (C=O) groups excluding carboxylic acids is 4. The Morgan fingerprint density at radius 1 is 1.05 bits per heavy atom. The van der Waals surface area contributed by atoms with E-state index in [1.807, 2.05) is 32.0 Å². The molecule has 0 radical (unpaired) electrons. The minimum absolute atomic E-state index is 0.00542. The number of rotatable bonds is 7. The fraction of sp³-hybridized carbons (Fsp3) is 0.111. The first kappa shape index (κ1) is 28.3. The summed E-state index contributed by atoms with van der Waals surface area (Å²) in [5.41, 5.74) is 2.10. The number of aryl methyl sites for hydroxylation is 2. The summed E-state index contributed by atoms with van der Waals surface area (Å²) in [5, 5.41) is 15.7. The summed E-state index contributed by atoms with van der Waals surface area (Å²) in [5.74, 6) is -2.33. The highest BCUT2D eigenvalue weighted by Crippen LogP contribution is 2.35. The van der Waals surface area contributed by atoms with Crippen LogP contribution in [0.2, 0.25) is 10.0 Å². The highest BCUT2D eigenvalue weighted by Gasteiger charge is 2.37. The van der Waals surface area contributed by atoms with Crippen molar-refractivity contribution in [2.75, 3.05) is 16.8 Å². The molecule has 40 heavy (non-hydrogen) atoms. The van der Waals surface area contributed by atoms with Crippen LogP contribution in [0, 0.1) is 24.0 Å². The van der Waals surface area contributed by atoms with Gasteiger partial charge in [-0.1, -0.05) is 35.3 Å². The highest BCUT2D eigenvalue weighted by atomic mass is 35.5. The van der Waals surface area contributed by atoms with Crippen LogP contribution in [-0.4, -0.2) is 35.3 Å². The van der Waals surface area contributed by atoms with E-state index in [9.17, 15) is 29.3 Å². The van der Waals surface area contributed by atoms with E-state index >= 15 is 0 Å². The number of urea groups is 1. The molecule has 0 aromatic heterocycles. The molecule has 0 aliphatic carbocycles. The van der Waals surface area contributed by atoms with Crippen molar-refractivity contribution in [3.05, 3.63) is 97.0 Å². The molecule has 13 heteroatoms. The minimum Gasteiger partial charge on any atom is -0.481 e. The average Bonchev–Trinajstić information content (AvgIpc) is 2.88. The van der Waals surface area contributed by atoms with Crippen LogP contribution in [-0.2, 0) is 14.4 Å². The molecule has 3 aromatic carbocycles. The van der Waals surface area contributed by atoms with Crippen LogP contribution in [0.5, 0.6) is 5.75 Å². The number of non-ortho nitro benzene ring substituents is 1. The van der Waals surface area contributed by atoms with Crippen LogP contribution >= 0.6 is 23.2 Å². The van der Waals surface area contributed by atoms with Crippen molar-refractivity contribution < 1.29 is 28.8 Å². The largest absolute Gasteiger partial charge is 0.481 e. The Balaban J connectivity index is 1.52. The quantitative estimate of drug-likeness (QED) is 0.168. The number of halogens is 2. The number of ether oxygens (including phenoxy) is 1. The Morgan fingerprint density at radius 3 is 2.33 bits per heavy atom. The van der Waals surface area contributed by atoms with Crippen molar-refractivity contribution in [3.8, 4) is 5.75 Å². The molecule has 5 amide bonds. The van der Waals surface area contributed by atoms with Crippen LogP contribution in [0.4, 0.5) is 21.9 Å². The topological polar surface area (TPSA) is 148 Å². The first-order valence-corrected chi connectivity index (χ1v) is 12.3. The summed E-state index contributed by atoms with van der Waals surface area (Å²) in [6, 6.07) is 12.0. The predicted molar refractivity (Wildman–Crippen MR) is 149 cm³/mol. The second kappa shape index (κ2) is 11.6. The van der Waals surface area contributed by atoms with Gasteiger partial charge >= 0.3 is 6.03 Å². The number of hydrogen-bond donors (Lipinski definition) is 2. The van der Waals surface area contributed by atoms with E-state index in [2.05, 4.69) is 10.6 Å². The molecule has 4 rings (SSSR count). The number of carbonyl (C=O) groups is 4. The van der Waals surface area contributed by atoms with Gasteiger partial charge in [0.1, 0.15) is 5.57 Å². The van der Waals surface area contributed by atoms with E-state index in [-0.39, 0.29) is 39.3 Å². The Hall–Kier alpha value is -4.74. The molecule has 1 aliphatic heterocycles. The zero-order chi connectivity index (χ0) is 29.1. The molecule has 0 spiro atoms. The van der Waals surface area contributed by atoms with E-state index < -0.39 is 34.2 Å². The molecular formula is C27H20Cl2N4O7. The Morgan fingerprint density at radius 2 is 1.70 bits per heavy atom. The van der Waals surface area contributed by atoms with Gasteiger partial charge in [-0.15, -0.1) is 0 Å². The number of nitrogens with zero attached hydrogens (tertiary/aromatic N) is 2. The average molecular weight is 583 g/mol. The third-order valence-corrected chi connectivity index (χ3v) is 6.33. The number of benzene rings is 3. The van der Waals surface area contributed by atoms with Crippen LogP contribution in [0.1, 0.15) is 16.7 Å². The maximum absolute atomic E-state index is 13.1. The van der Waals surface area contributed by atoms with Crippen molar-refractivity contribution in [2.24, 2.45) is 0 Å². The van der Waals surface area contributed by atoms with Crippen molar-refractivity contribution in [3.63, 3.8) is 0 Å². The summed E-state index contributed by atoms with van der Waals surface area (Å²) in [4.78, 5) is 61.3. The number of hydrogen-bond acceptors (Lipinski definition) is 7. The van der Waals surface area contributed by atoms with E-state index in [4.69, 9.17) is 27.9 Å². The van der Waals surface area contributed by atoms with Crippen LogP contribution in [0.25, 0.3) is 6.08 Å². The monoisotopic (exact) mass is 582 g/mol. The molecule has 0 atom stereocenters. The maximum atomic E-state index is 13.1. The summed E-state index contributed by atoms with van der Waals surface area (Å²) in [6.07, 6.45) is 1.18. The predicted octanol–water partition coefficient (Wildman–Crippen LogP) is 5.20. The molecule has 3 aromatic rings. The van der Waals surface area contributed by atoms with Gasteiger partial charge in [-0.3, -0.25) is 29.8 Å².